The van der Waals surface area contributed by atoms with E-state index in [4.69, 9.17) is 28.3 Å². The summed E-state index contributed by atoms with van der Waals surface area (Å²) in [7, 11) is -1.77. The molecule has 30 heavy (non-hydrogen) atoms. The molecule has 9 heteroatoms. The van der Waals surface area contributed by atoms with Crippen LogP contribution in [0.3, 0.4) is 0 Å². The molecule has 160 valence electrons. The second-order valence-corrected chi connectivity index (χ2v) is 9.44. The summed E-state index contributed by atoms with van der Waals surface area (Å²) in [6.45, 7) is 5.25. The lowest BCUT2D eigenvalue weighted by molar-refractivity contribution is -0.133. The first-order chi connectivity index (χ1) is 14.2. The number of hydrogen-bond acceptors (Lipinski definition) is 4. The Bertz CT molecular complexity index is 1000. The lowest BCUT2D eigenvalue weighted by Crippen LogP contribution is -2.59. The Morgan fingerprint density at radius 2 is 1.83 bits per heavy atom. The van der Waals surface area contributed by atoms with Crippen molar-refractivity contribution in [2.75, 3.05) is 23.7 Å². The minimum atomic E-state index is -1.77. The number of piperazine rings is 1. The average Bonchev–Trinajstić information content (AvgIpc) is 2.68. The number of amides is 1. The molecule has 0 aliphatic carbocycles. The van der Waals surface area contributed by atoms with Gasteiger partial charge >= 0.3 is 5.97 Å². The number of hydrogen-bond donors (Lipinski definition) is 1. The molecule has 1 saturated heterocycles. The van der Waals surface area contributed by atoms with E-state index in [1.54, 1.807) is 11.0 Å². The van der Waals surface area contributed by atoms with Gasteiger partial charge in [-0.2, -0.15) is 0 Å². The summed E-state index contributed by atoms with van der Waals surface area (Å²) in [6.07, 6.45) is 0. The molecule has 1 amide bonds. The Kier molecular flexibility index (Phi) is 7.06. The standard InChI is InChI=1S/C21H22Cl2N2O4S/c1-13-14(2)25(9-8-24(13)17-5-3-4-16(22)11-17)21(28)15-6-7-19(18(23)10-15)30(29)12-20(26)27/h3-7,10-11,13-14H,8-9,12H2,1-2H3,(H,26,27)/t13-,14?,30?/m1/s1. The summed E-state index contributed by atoms with van der Waals surface area (Å²) in [5.74, 6) is -1.88. The zero-order valence-corrected chi connectivity index (χ0v) is 18.9. The number of carboxylic acid groups (broad SMARTS) is 1. The van der Waals surface area contributed by atoms with Gasteiger partial charge in [-0.05, 0) is 50.2 Å². The fraction of sp³-hybridized carbons (Fsp3) is 0.333. The zero-order chi connectivity index (χ0) is 22.0. The smallest absolute Gasteiger partial charge is 0.316 e. The number of carboxylic acids is 1. The molecule has 1 aliphatic heterocycles. The maximum Gasteiger partial charge on any atom is 0.316 e. The molecular weight excluding hydrogens is 447 g/mol. The quantitative estimate of drug-likeness (QED) is 0.718. The highest BCUT2D eigenvalue weighted by Gasteiger charge is 2.34. The number of nitrogens with zero attached hydrogens (tertiary/aromatic N) is 2. The second kappa shape index (κ2) is 9.37. The third kappa shape index (κ3) is 4.79. The lowest BCUT2D eigenvalue weighted by atomic mass is 10.0. The van der Waals surface area contributed by atoms with Crippen molar-refractivity contribution in [1.82, 2.24) is 4.90 Å². The fourth-order valence-electron chi connectivity index (χ4n) is 3.62. The minimum absolute atomic E-state index is 0.0650. The van der Waals surface area contributed by atoms with E-state index < -0.39 is 22.5 Å². The largest absolute Gasteiger partial charge is 0.481 e. The number of carbonyl (C=O) groups is 2. The number of anilines is 1. The summed E-state index contributed by atoms with van der Waals surface area (Å²) in [5.41, 5.74) is 1.40. The summed E-state index contributed by atoms with van der Waals surface area (Å²) >= 11 is 12.3. The van der Waals surface area contributed by atoms with Crippen LogP contribution in [0, 0.1) is 0 Å². The van der Waals surface area contributed by atoms with Crippen LogP contribution in [0.2, 0.25) is 10.0 Å². The summed E-state index contributed by atoms with van der Waals surface area (Å²) in [6, 6.07) is 12.1. The molecule has 0 bridgehead atoms. The molecule has 0 radical (unpaired) electrons. The first-order valence-corrected chi connectivity index (χ1v) is 11.5. The van der Waals surface area contributed by atoms with Crippen LogP contribution in [0.25, 0.3) is 0 Å². The molecule has 0 saturated carbocycles. The van der Waals surface area contributed by atoms with Gasteiger partial charge in [-0.15, -0.1) is 0 Å². The molecule has 0 aromatic heterocycles. The van der Waals surface area contributed by atoms with Crippen LogP contribution in [0.4, 0.5) is 5.69 Å². The first-order valence-electron chi connectivity index (χ1n) is 9.42. The summed E-state index contributed by atoms with van der Waals surface area (Å²) in [5, 5.41) is 9.61. The maximum absolute atomic E-state index is 13.1. The summed E-state index contributed by atoms with van der Waals surface area (Å²) in [4.78, 5) is 28.1. The third-order valence-corrected chi connectivity index (χ3v) is 7.36. The number of benzene rings is 2. The molecule has 2 unspecified atom stereocenters. The highest BCUT2D eigenvalue weighted by atomic mass is 35.5. The lowest BCUT2D eigenvalue weighted by Gasteiger charge is -2.46. The Morgan fingerprint density at radius 1 is 1.10 bits per heavy atom. The van der Waals surface area contributed by atoms with Gasteiger partial charge < -0.3 is 14.9 Å². The van der Waals surface area contributed by atoms with Crippen LogP contribution in [0.15, 0.2) is 47.4 Å². The Morgan fingerprint density at radius 3 is 2.47 bits per heavy atom. The predicted octanol–water partition coefficient (Wildman–Crippen LogP) is 3.93. The molecule has 2 aromatic carbocycles. The van der Waals surface area contributed by atoms with Crippen LogP contribution in [0.1, 0.15) is 24.2 Å². The van der Waals surface area contributed by atoms with Crippen molar-refractivity contribution in [2.24, 2.45) is 0 Å². The maximum atomic E-state index is 13.1. The molecule has 3 atom stereocenters. The molecule has 6 nitrogen and oxygen atoms in total. The van der Waals surface area contributed by atoms with Gasteiger partial charge in [-0.3, -0.25) is 13.8 Å². The SMILES string of the molecule is CC1[C@@H](C)N(c2cccc(Cl)c2)CCN1C(=O)c1ccc(S(=O)CC(=O)O)c(Cl)c1. The minimum Gasteiger partial charge on any atom is -0.481 e. The first kappa shape index (κ1) is 22.6. The van der Waals surface area contributed by atoms with Crippen molar-refractivity contribution in [3.63, 3.8) is 0 Å². The van der Waals surface area contributed by atoms with Gasteiger partial charge in [0, 0.05) is 41.4 Å². The van der Waals surface area contributed by atoms with E-state index in [0.29, 0.717) is 23.7 Å². The van der Waals surface area contributed by atoms with E-state index >= 15 is 0 Å². The average molecular weight is 469 g/mol. The van der Waals surface area contributed by atoms with Gasteiger partial charge in [0.15, 0.2) is 0 Å². The molecule has 0 spiro atoms. The van der Waals surface area contributed by atoms with Gasteiger partial charge in [0.05, 0.1) is 20.7 Å². The van der Waals surface area contributed by atoms with Crippen LogP contribution in [0.5, 0.6) is 0 Å². The molecule has 1 aliphatic rings. The monoisotopic (exact) mass is 468 g/mol. The number of halogens is 2. The van der Waals surface area contributed by atoms with Crippen molar-refractivity contribution >= 4 is 51.6 Å². The van der Waals surface area contributed by atoms with Crippen LogP contribution < -0.4 is 4.90 Å². The zero-order valence-electron chi connectivity index (χ0n) is 16.5. The normalized spacial score (nSPS) is 20.1. The van der Waals surface area contributed by atoms with Gasteiger partial charge in [0.1, 0.15) is 5.75 Å². The number of rotatable bonds is 5. The van der Waals surface area contributed by atoms with Crippen LogP contribution in [-0.4, -0.2) is 57.0 Å². The van der Waals surface area contributed by atoms with Crippen molar-refractivity contribution in [3.05, 3.63) is 58.1 Å². The molecule has 1 N–H and O–H groups in total. The van der Waals surface area contributed by atoms with Crippen LogP contribution in [-0.2, 0) is 15.6 Å². The Balaban J connectivity index is 1.77. The van der Waals surface area contributed by atoms with E-state index in [0.717, 1.165) is 5.69 Å². The van der Waals surface area contributed by atoms with E-state index in [1.807, 2.05) is 31.2 Å². The Hall–Kier alpha value is -2.09. The molecular formula is C21H22Cl2N2O4S. The molecule has 2 aromatic rings. The third-order valence-electron chi connectivity index (χ3n) is 5.34. The van der Waals surface area contributed by atoms with E-state index in [-0.39, 0.29) is 27.9 Å². The molecule has 1 heterocycles. The highest BCUT2D eigenvalue weighted by molar-refractivity contribution is 7.85. The van der Waals surface area contributed by atoms with Crippen molar-refractivity contribution < 1.29 is 18.9 Å². The van der Waals surface area contributed by atoms with Crippen molar-refractivity contribution in [2.45, 2.75) is 30.8 Å². The van der Waals surface area contributed by atoms with Gasteiger partial charge in [-0.25, -0.2) is 0 Å². The Labute approximate surface area is 187 Å². The van der Waals surface area contributed by atoms with Gasteiger partial charge in [0.2, 0.25) is 0 Å². The number of carbonyl (C=O) groups excluding carboxylic acids is 1. The van der Waals surface area contributed by atoms with E-state index in [2.05, 4.69) is 11.8 Å². The summed E-state index contributed by atoms with van der Waals surface area (Å²) < 4.78 is 12.1. The number of aliphatic carboxylic acids is 1. The van der Waals surface area contributed by atoms with Crippen molar-refractivity contribution in [3.8, 4) is 0 Å². The highest BCUT2D eigenvalue weighted by Crippen LogP contribution is 2.28. The van der Waals surface area contributed by atoms with E-state index in [1.165, 1.54) is 12.1 Å². The molecule has 1 fully saturated rings. The van der Waals surface area contributed by atoms with Crippen LogP contribution >= 0.6 is 23.2 Å². The topological polar surface area (TPSA) is 77.9 Å². The fourth-order valence-corrected chi connectivity index (χ4v) is 5.12. The molecule has 3 rings (SSSR count). The second-order valence-electron chi connectivity index (χ2n) is 7.18. The van der Waals surface area contributed by atoms with Gasteiger partial charge in [0.25, 0.3) is 5.91 Å². The van der Waals surface area contributed by atoms with Gasteiger partial charge in [-0.1, -0.05) is 29.3 Å². The predicted molar refractivity (Wildman–Crippen MR) is 119 cm³/mol. The van der Waals surface area contributed by atoms with Crippen molar-refractivity contribution in [1.29, 1.82) is 0 Å². The van der Waals surface area contributed by atoms with E-state index in [9.17, 15) is 13.8 Å².